The summed E-state index contributed by atoms with van der Waals surface area (Å²) in [6.07, 6.45) is 0. The van der Waals surface area contributed by atoms with Crippen molar-refractivity contribution in [2.45, 2.75) is 17.9 Å². The summed E-state index contributed by atoms with van der Waals surface area (Å²) in [4.78, 5) is 12.3. The van der Waals surface area contributed by atoms with Crippen molar-refractivity contribution < 1.29 is 13.2 Å². The Balaban J connectivity index is 2.36. The molecule has 21 heavy (non-hydrogen) atoms. The normalized spacial score (nSPS) is 20.4. The number of halogens is 2. The second-order valence-electron chi connectivity index (χ2n) is 4.42. The van der Waals surface area contributed by atoms with Crippen molar-refractivity contribution in [3.05, 3.63) is 13.6 Å². The van der Waals surface area contributed by atoms with Crippen LogP contribution in [0, 0.1) is 0 Å². The van der Waals surface area contributed by atoms with Crippen LogP contribution in [0.3, 0.4) is 0 Å². The van der Waals surface area contributed by atoms with Gasteiger partial charge in [-0.2, -0.15) is 4.31 Å². The van der Waals surface area contributed by atoms with Crippen molar-refractivity contribution in [1.29, 1.82) is 0 Å². The first-order chi connectivity index (χ1) is 9.87. The highest BCUT2D eigenvalue weighted by molar-refractivity contribution is 9.12. The van der Waals surface area contributed by atoms with Crippen molar-refractivity contribution in [3.8, 4) is 0 Å². The molecule has 2 N–H and O–H groups in total. The molecular formula is C11H15Br2N3O3S2. The van der Waals surface area contributed by atoms with Crippen molar-refractivity contribution in [1.82, 2.24) is 14.9 Å². The molecule has 0 aliphatic carbocycles. The molecule has 0 radical (unpaired) electrons. The topological polar surface area (TPSA) is 78.5 Å². The van der Waals surface area contributed by atoms with E-state index in [1.165, 1.54) is 15.6 Å². The Hall–Kier alpha value is -0.000000000000000333. The molecule has 118 valence electrons. The van der Waals surface area contributed by atoms with E-state index in [2.05, 4.69) is 42.5 Å². The third kappa shape index (κ3) is 3.67. The molecule has 2 heterocycles. The number of thiophene rings is 1. The maximum absolute atomic E-state index is 12.8. The molecule has 1 aromatic heterocycles. The monoisotopic (exact) mass is 459 g/mol. The molecule has 2 rings (SSSR count). The van der Waals surface area contributed by atoms with Crippen molar-refractivity contribution in [3.63, 3.8) is 0 Å². The van der Waals surface area contributed by atoms with Crippen LogP contribution in [0.2, 0.25) is 0 Å². The summed E-state index contributed by atoms with van der Waals surface area (Å²) in [6, 6.07) is 0.829. The molecule has 0 aromatic carbocycles. The number of nitrogens with one attached hydrogen (secondary N) is 2. The summed E-state index contributed by atoms with van der Waals surface area (Å²) in [5, 5.41) is 5.75. The highest BCUT2D eigenvalue weighted by atomic mass is 79.9. The van der Waals surface area contributed by atoms with E-state index in [9.17, 15) is 13.2 Å². The molecule has 1 amide bonds. The molecule has 10 heteroatoms. The molecular weight excluding hydrogens is 446 g/mol. The number of piperazine rings is 1. The maximum atomic E-state index is 12.8. The Morgan fingerprint density at radius 3 is 2.86 bits per heavy atom. The first kappa shape index (κ1) is 17.4. The molecule has 1 aromatic rings. The quantitative estimate of drug-likeness (QED) is 0.711. The second kappa shape index (κ2) is 7.05. The fourth-order valence-electron chi connectivity index (χ4n) is 2.12. The van der Waals surface area contributed by atoms with Gasteiger partial charge in [0.15, 0.2) is 0 Å². The number of amides is 1. The van der Waals surface area contributed by atoms with Gasteiger partial charge in [-0.15, -0.1) is 11.3 Å². The molecule has 0 bridgehead atoms. The van der Waals surface area contributed by atoms with E-state index in [0.717, 1.165) is 3.79 Å². The average molecular weight is 461 g/mol. The Morgan fingerprint density at radius 2 is 2.29 bits per heavy atom. The lowest BCUT2D eigenvalue weighted by molar-refractivity contribution is -0.125. The summed E-state index contributed by atoms with van der Waals surface area (Å²) in [5.74, 6) is -0.279. The number of carbonyl (C=O) groups is 1. The molecule has 0 saturated carbocycles. The van der Waals surface area contributed by atoms with E-state index in [4.69, 9.17) is 0 Å². The zero-order chi connectivity index (χ0) is 15.6. The summed E-state index contributed by atoms with van der Waals surface area (Å²) in [5.41, 5.74) is 0. The Morgan fingerprint density at radius 1 is 1.57 bits per heavy atom. The first-order valence-electron chi connectivity index (χ1n) is 6.33. The predicted molar refractivity (Wildman–Crippen MR) is 89.0 cm³/mol. The summed E-state index contributed by atoms with van der Waals surface area (Å²) < 4.78 is 28.2. The molecule has 1 unspecified atom stereocenters. The fraction of sp³-hybridized carbons (Fsp3) is 0.545. The summed E-state index contributed by atoms with van der Waals surface area (Å²) in [7, 11) is -3.72. The molecule has 1 fully saturated rings. The number of likely N-dealkylation sites (N-methyl/N-ethyl adjacent to an activating group) is 1. The van der Waals surface area contributed by atoms with E-state index in [0.29, 0.717) is 23.4 Å². The zero-order valence-electron chi connectivity index (χ0n) is 11.2. The van der Waals surface area contributed by atoms with Crippen LogP contribution in [0.4, 0.5) is 0 Å². The predicted octanol–water partition coefficient (Wildman–Crippen LogP) is 1.37. The van der Waals surface area contributed by atoms with Crippen LogP contribution in [0.25, 0.3) is 0 Å². The number of nitrogens with zero attached hydrogens (tertiary/aromatic N) is 1. The standard InChI is InChI=1S/C11H15Br2N3O3S2/c1-2-15-11(17)7-6-14-3-4-16(7)21(18,19)8-5-9(12)20-10(8)13/h5,7,14H,2-4,6H2,1H3,(H,15,17). The number of hydrogen-bond donors (Lipinski definition) is 2. The molecule has 1 aliphatic rings. The van der Waals surface area contributed by atoms with E-state index >= 15 is 0 Å². The fourth-order valence-corrected chi connectivity index (χ4v) is 7.47. The summed E-state index contributed by atoms with van der Waals surface area (Å²) >= 11 is 7.85. The van der Waals surface area contributed by atoms with Gasteiger partial charge in [-0.05, 0) is 44.8 Å². The highest BCUT2D eigenvalue weighted by Gasteiger charge is 2.38. The minimum Gasteiger partial charge on any atom is -0.355 e. The van der Waals surface area contributed by atoms with Crippen molar-refractivity contribution >= 4 is 59.1 Å². The van der Waals surface area contributed by atoms with Crippen LogP contribution in [0.5, 0.6) is 0 Å². The third-order valence-corrected chi connectivity index (χ3v) is 7.72. The van der Waals surface area contributed by atoms with Crippen molar-refractivity contribution in [2.75, 3.05) is 26.2 Å². The Labute approximate surface area is 144 Å². The number of rotatable bonds is 4. The van der Waals surface area contributed by atoms with Crippen LogP contribution in [0.1, 0.15) is 6.92 Å². The van der Waals surface area contributed by atoms with E-state index in [1.54, 1.807) is 13.0 Å². The van der Waals surface area contributed by atoms with Crippen LogP contribution in [0.15, 0.2) is 18.5 Å². The van der Waals surface area contributed by atoms with Crippen LogP contribution < -0.4 is 10.6 Å². The van der Waals surface area contributed by atoms with Gasteiger partial charge >= 0.3 is 0 Å². The van der Waals surface area contributed by atoms with Gasteiger partial charge in [0.05, 0.1) is 7.57 Å². The lowest BCUT2D eigenvalue weighted by atomic mass is 10.2. The Bertz CT molecular complexity index is 633. The summed E-state index contributed by atoms with van der Waals surface area (Å²) in [6.45, 7) is 3.38. The SMILES string of the molecule is CCNC(=O)C1CNCCN1S(=O)(=O)c1cc(Br)sc1Br. The molecule has 0 spiro atoms. The van der Waals surface area contributed by atoms with Gasteiger partial charge in [-0.3, -0.25) is 4.79 Å². The molecule has 1 saturated heterocycles. The van der Waals surface area contributed by atoms with Gasteiger partial charge in [0.25, 0.3) is 0 Å². The van der Waals surface area contributed by atoms with Gasteiger partial charge in [0, 0.05) is 26.2 Å². The van der Waals surface area contributed by atoms with E-state index in [1.807, 2.05) is 0 Å². The smallest absolute Gasteiger partial charge is 0.245 e. The minimum atomic E-state index is -3.72. The van der Waals surface area contributed by atoms with Gasteiger partial charge in [0.1, 0.15) is 10.9 Å². The van der Waals surface area contributed by atoms with Crippen LogP contribution >= 0.6 is 43.2 Å². The van der Waals surface area contributed by atoms with E-state index in [-0.39, 0.29) is 17.3 Å². The minimum absolute atomic E-state index is 0.190. The molecule has 1 aliphatic heterocycles. The van der Waals surface area contributed by atoms with Gasteiger partial charge in [0.2, 0.25) is 15.9 Å². The average Bonchev–Trinajstić information content (AvgIpc) is 2.79. The largest absolute Gasteiger partial charge is 0.355 e. The number of carbonyl (C=O) groups excluding carboxylic acids is 1. The Kier molecular flexibility index (Phi) is 5.83. The second-order valence-corrected chi connectivity index (χ2v) is 10.0. The number of hydrogen-bond acceptors (Lipinski definition) is 5. The third-order valence-electron chi connectivity index (χ3n) is 3.06. The lowest BCUT2D eigenvalue weighted by Crippen LogP contribution is -2.59. The van der Waals surface area contributed by atoms with Gasteiger partial charge in [-0.1, -0.05) is 0 Å². The lowest BCUT2D eigenvalue weighted by Gasteiger charge is -2.33. The van der Waals surface area contributed by atoms with E-state index < -0.39 is 16.1 Å². The zero-order valence-corrected chi connectivity index (χ0v) is 16.0. The molecule has 1 atom stereocenters. The van der Waals surface area contributed by atoms with Crippen molar-refractivity contribution in [2.24, 2.45) is 0 Å². The van der Waals surface area contributed by atoms with Crippen LogP contribution in [-0.2, 0) is 14.8 Å². The highest BCUT2D eigenvalue weighted by Crippen LogP contribution is 2.36. The van der Waals surface area contributed by atoms with Crippen LogP contribution in [-0.4, -0.2) is 50.9 Å². The number of sulfonamides is 1. The first-order valence-corrected chi connectivity index (χ1v) is 10.2. The van der Waals surface area contributed by atoms with Gasteiger partial charge < -0.3 is 10.6 Å². The van der Waals surface area contributed by atoms with Gasteiger partial charge in [-0.25, -0.2) is 8.42 Å². The maximum Gasteiger partial charge on any atom is 0.245 e. The molecule has 6 nitrogen and oxygen atoms in total.